The van der Waals surface area contributed by atoms with Crippen molar-refractivity contribution in [3.8, 4) is 11.8 Å². The van der Waals surface area contributed by atoms with Crippen molar-refractivity contribution in [2.75, 3.05) is 41.3 Å². The zero-order valence-corrected chi connectivity index (χ0v) is 27.3. The molecule has 1 aromatic heterocycles. The highest BCUT2D eigenvalue weighted by atomic mass is 16.2. The van der Waals surface area contributed by atoms with Gasteiger partial charge in [0.2, 0.25) is 17.5 Å². The molecule has 5 heterocycles. The van der Waals surface area contributed by atoms with Crippen molar-refractivity contribution >= 4 is 52.3 Å². The van der Waals surface area contributed by atoms with E-state index in [-0.39, 0.29) is 35.8 Å². The van der Waals surface area contributed by atoms with Gasteiger partial charge in [-0.05, 0) is 68.9 Å². The van der Waals surface area contributed by atoms with E-state index in [1.807, 2.05) is 12.3 Å². The lowest BCUT2D eigenvalue weighted by Gasteiger charge is -2.40. The summed E-state index contributed by atoms with van der Waals surface area (Å²) in [5.74, 6) is 4.36. The first kappa shape index (κ1) is 31.3. The van der Waals surface area contributed by atoms with Gasteiger partial charge in [0, 0.05) is 55.9 Å². The van der Waals surface area contributed by atoms with Gasteiger partial charge in [0.25, 0.3) is 17.7 Å². The Hall–Kier alpha value is -5.95. The summed E-state index contributed by atoms with van der Waals surface area (Å²) in [5.41, 5.74) is 3.33. The van der Waals surface area contributed by atoms with Gasteiger partial charge in [0.1, 0.15) is 11.6 Å². The Morgan fingerprint density at radius 1 is 0.980 bits per heavy atom. The van der Waals surface area contributed by atoms with E-state index in [1.54, 1.807) is 41.2 Å². The van der Waals surface area contributed by atoms with Gasteiger partial charge in [-0.1, -0.05) is 17.9 Å². The average molecular weight is 671 g/mol. The van der Waals surface area contributed by atoms with Crippen molar-refractivity contribution in [2.24, 2.45) is 5.92 Å². The van der Waals surface area contributed by atoms with Gasteiger partial charge < -0.3 is 15.1 Å². The lowest BCUT2D eigenvalue weighted by molar-refractivity contribution is -0.136. The third-order valence-electron chi connectivity index (χ3n) is 10.5. The number of piperidine rings is 1. The van der Waals surface area contributed by atoms with Crippen LogP contribution in [-0.2, 0) is 19.9 Å². The van der Waals surface area contributed by atoms with Gasteiger partial charge in [-0.2, -0.15) is 5.10 Å². The maximum atomic E-state index is 13.7. The molecule has 13 heteroatoms. The SMILES string of the molecule is [C-]#[N+]c1ccc(NC(=O)C2(n3cc(C#CC4CN(c5ccc6c(c5)C(=O)N(C5CCC(=O)NC5=O)C6=O)C4)cn3)CCC2)cc1N1CCCC1. The standard InChI is InChI=1S/C37H34N8O5/c1-38-29-10-7-25(17-31(29)42-15-2-3-16-42)40-36(50)37(13-4-14-37)44-22-23(19-39-44)5-6-24-20-43(21-24)26-8-9-27-28(18-26)35(49)45(34(27)48)30-11-12-32(46)41-33(30)47/h7-10,17-19,22,24,30H,2-4,11-16,20-21H2,(H,40,50)(H,41,46,47). The van der Waals surface area contributed by atoms with E-state index in [9.17, 15) is 24.0 Å². The highest BCUT2D eigenvalue weighted by Gasteiger charge is 2.47. The number of benzene rings is 2. The van der Waals surface area contributed by atoms with Gasteiger partial charge in [0.05, 0.1) is 35.4 Å². The van der Waals surface area contributed by atoms with E-state index < -0.39 is 35.2 Å². The van der Waals surface area contributed by atoms with Crippen molar-refractivity contribution in [1.29, 1.82) is 0 Å². The fourth-order valence-electron chi connectivity index (χ4n) is 7.47. The molecule has 1 saturated carbocycles. The third kappa shape index (κ3) is 5.26. The molecule has 13 nitrogen and oxygen atoms in total. The molecule has 4 aliphatic heterocycles. The number of fused-ring (bicyclic) bond motifs is 1. The average Bonchev–Trinajstić information content (AvgIpc) is 3.82. The van der Waals surface area contributed by atoms with E-state index in [0.717, 1.165) is 54.2 Å². The van der Waals surface area contributed by atoms with E-state index in [2.05, 4.69) is 42.2 Å². The molecule has 0 radical (unpaired) electrons. The minimum atomic E-state index is -0.999. The molecule has 5 aliphatic rings. The molecule has 50 heavy (non-hydrogen) atoms. The molecule has 4 fully saturated rings. The number of nitrogens with one attached hydrogen (secondary N) is 2. The molecule has 2 aromatic carbocycles. The van der Waals surface area contributed by atoms with Crippen molar-refractivity contribution in [2.45, 2.75) is 56.5 Å². The fourth-order valence-corrected chi connectivity index (χ4v) is 7.47. The van der Waals surface area contributed by atoms with Crippen LogP contribution in [0.4, 0.5) is 22.7 Å². The molecule has 1 unspecified atom stereocenters. The summed E-state index contributed by atoms with van der Waals surface area (Å²) >= 11 is 0. The van der Waals surface area contributed by atoms with Crippen LogP contribution >= 0.6 is 0 Å². The second-order valence-corrected chi connectivity index (χ2v) is 13.6. The smallest absolute Gasteiger partial charge is 0.262 e. The normalized spacial score (nSPS) is 21.1. The van der Waals surface area contributed by atoms with E-state index in [1.165, 1.54) is 0 Å². The summed E-state index contributed by atoms with van der Waals surface area (Å²) in [6.07, 6.45) is 8.14. The minimum absolute atomic E-state index is 0.0720. The summed E-state index contributed by atoms with van der Waals surface area (Å²) in [6, 6.07) is 9.56. The number of carbonyl (C=O) groups excluding carboxylic acids is 5. The van der Waals surface area contributed by atoms with Crippen molar-refractivity contribution in [3.05, 3.63) is 76.9 Å². The van der Waals surface area contributed by atoms with E-state index in [0.29, 0.717) is 37.3 Å². The Balaban J connectivity index is 0.905. The number of aromatic nitrogens is 2. The predicted molar refractivity (Wildman–Crippen MR) is 183 cm³/mol. The van der Waals surface area contributed by atoms with Crippen LogP contribution < -0.4 is 20.4 Å². The van der Waals surface area contributed by atoms with Gasteiger partial charge in [0.15, 0.2) is 0 Å². The molecule has 8 rings (SSSR count). The summed E-state index contributed by atoms with van der Waals surface area (Å²) in [7, 11) is 0. The lowest BCUT2D eigenvalue weighted by Crippen LogP contribution is -2.54. The van der Waals surface area contributed by atoms with Crippen molar-refractivity contribution in [1.82, 2.24) is 20.0 Å². The van der Waals surface area contributed by atoms with Crippen LogP contribution in [0.5, 0.6) is 0 Å². The largest absolute Gasteiger partial charge is 0.380 e. The summed E-state index contributed by atoms with van der Waals surface area (Å²) < 4.78 is 1.73. The maximum absolute atomic E-state index is 13.7. The second kappa shape index (κ2) is 12.2. The number of carbonyl (C=O) groups is 5. The highest BCUT2D eigenvalue weighted by Crippen LogP contribution is 2.41. The maximum Gasteiger partial charge on any atom is 0.262 e. The Morgan fingerprint density at radius 2 is 1.76 bits per heavy atom. The number of imide groups is 2. The zero-order chi connectivity index (χ0) is 34.6. The molecule has 0 bridgehead atoms. The molecular weight excluding hydrogens is 636 g/mol. The lowest BCUT2D eigenvalue weighted by atomic mass is 9.76. The summed E-state index contributed by atoms with van der Waals surface area (Å²) in [6.45, 7) is 10.7. The number of nitrogens with zero attached hydrogens (tertiary/aromatic N) is 6. The van der Waals surface area contributed by atoms with E-state index in [4.69, 9.17) is 6.57 Å². The first-order chi connectivity index (χ1) is 24.2. The Labute approximate surface area is 288 Å². The van der Waals surface area contributed by atoms with Crippen LogP contribution in [0, 0.1) is 24.3 Å². The van der Waals surface area contributed by atoms with Gasteiger partial charge in [-0.3, -0.25) is 38.9 Å². The number of rotatable bonds is 6. The highest BCUT2D eigenvalue weighted by molar-refractivity contribution is 6.23. The summed E-state index contributed by atoms with van der Waals surface area (Å²) in [4.78, 5) is 72.8. The summed E-state index contributed by atoms with van der Waals surface area (Å²) in [5, 5.41) is 9.86. The third-order valence-corrected chi connectivity index (χ3v) is 10.5. The second-order valence-electron chi connectivity index (χ2n) is 13.6. The molecule has 5 amide bonds. The molecule has 3 saturated heterocycles. The van der Waals surface area contributed by atoms with Crippen LogP contribution in [0.25, 0.3) is 4.85 Å². The Kier molecular flexibility index (Phi) is 7.63. The van der Waals surface area contributed by atoms with Gasteiger partial charge in [-0.15, -0.1) is 0 Å². The number of hydrogen-bond donors (Lipinski definition) is 2. The number of anilines is 3. The van der Waals surface area contributed by atoms with Crippen LogP contribution in [0.15, 0.2) is 48.8 Å². The Morgan fingerprint density at radius 3 is 2.48 bits per heavy atom. The number of amides is 5. The van der Waals surface area contributed by atoms with Crippen molar-refractivity contribution < 1.29 is 24.0 Å². The topological polar surface area (TPSA) is 141 Å². The van der Waals surface area contributed by atoms with Crippen LogP contribution in [-0.4, -0.2) is 76.4 Å². The van der Waals surface area contributed by atoms with Crippen LogP contribution in [0.1, 0.15) is 71.2 Å². The Bertz CT molecular complexity index is 2070. The fraction of sp³-hybridized carbons (Fsp3) is 0.378. The van der Waals surface area contributed by atoms with Crippen molar-refractivity contribution in [3.63, 3.8) is 0 Å². The molecule has 0 spiro atoms. The first-order valence-electron chi connectivity index (χ1n) is 17.0. The molecule has 1 aliphatic carbocycles. The zero-order valence-electron chi connectivity index (χ0n) is 27.3. The predicted octanol–water partition coefficient (Wildman–Crippen LogP) is 3.44. The number of hydrogen-bond acceptors (Lipinski definition) is 8. The van der Waals surface area contributed by atoms with Crippen LogP contribution in [0.3, 0.4) is 0 Å². The first-order valence-corrected chi connectivity index (χ1v) is 17.0. The quantitative estimate of drug-likeness (QED) is 0.231. The monoisotopic (exact) mass is 670 g/mol. The molecule has 3 aromatic rings. The van der Waals surface area contributed by atoms with Gasteiger partial charge >= 0.3 is 0 Å². The van der Waals surface area contributed by atoms with E-state index >= 15 is 0 Å². The molecule has 2 N–H and O–H groups in total. The van der Waals surface area contributed by atoms with Crippen LogP contribution in [0.2, 0.25) is 0 Å². The minimum Gasteiger partial charge on any atom is -0.380 e. The molecular formula is C37H34N8O5. The molecule has 1 atom stereocenters. The molecule has 252 valence electrons. The van der Waals surface area contributed by atoms with Gasteiger partial charge in [-0.25, -0.2) is 4.85 Å².